The molecule has 3 aromatic rings. The van der Waals surface area contributed by atoms with Crippen molar-refractivity contribution in [2.24, 2.45) is 0 Å². The van der Waals surface area contributed by atoms with Crippen LogP contribution in [0.5, 0.6) is 0 Å². The molecule has 0 saturated carbocycles. The molecule has 2 heterocycles. The van der Waals surface area contributed by atoms with Gasteiger partial charge in [-0.15, -0.1) is 0 Å². The van der Waals surface area contributed by atoms with Crippen LogP contribution in [0, 0.1) is 11.3 Å². The van der Waals surface area contributed by atoms with Crippen LogP contribution in [0.25, 0.3) is 10.8 Å². The molecule has 9 heteroatoms. The zero-order chi connectivity index (χ0) is 23.4. The number of anilines is 2. The highest BCUT2D eigenvalue weighted by Crippen LogP contribution is 2.30. The molecule has 33 heavy (non-hydrogen) atoms. The summed E-state index contributed by atoms with van der Waals surface area (Å²) in [6.07, 6.45) is 4.86. The van der Waals surface area contributed by atoms with Crippen LogP contribution in [0.15, 0.2) is 54.9 Å². The number of rotatable bonds is 6. The molecule has 2 aromatic carbocycles. The molecule has 4 rings (SSSR count). The number of nitrogens with one attached hydrogen (secondary N) is 2. The van der Waals surface area contributed by atoms with E-state index in [0.29, 0.717) is 42.7 Å². The summed E-state index contributed by atoms with van der Waals surface area (Å²) in [4.78, 5) is 17.0. The number of hydrogen-bond acceptors (Lipinski definition) is 6. The van der Waals surface area contributed by atoms with Crippen LogP contribution in [-0.4, -0.2) is 48.5 Å². The molecule has 1 aliphatic heterocycles. The van der Waals surface area contributed by atoms with Gasteiger partial charge in [0.1, 0.15) is 0 Å². The second-order valence-corrected chi connectivity index (χ2v) is 10.2. The maximum Gasteiger partial charge on any atom is 0.255 e. The SMILES string of the molecule is CCS(=O)(=O)N1CCC(Nc2cc(NC(=O)c3cccc(C#N)c3)cc3ccncc23)CC1. The molecule has 1 fully saturated rings. The summed E-state index contributed by atoms with van der Waals surface area (Å²) in [5, 5.41) is 17.4. The van der Waals surface area contributed by atoms with Crippen molar-refractivity contribution in [1.82, 2.24) is 9.29 Å². The molecule has 0 radical (unpaired) electrons. The largest absolute Gasteiger partial charge is 0.382 e. The summed E-state index contributed by atoms with van der Waals surface area (Å²) in [6.45, 7) is 2.63. The quantitative estimate of drug-likeness (QED) is 0.577. The molecule has 8 nitrogen and oxygen atoms in total. The summed E-state index contributed by atoms with van der Waals surface area (Å²) in [5.41, 5.74) is 2.28. The lowest BCUT2D eigenvalue weighted by Gasteiger charge is -2.32. The summed E-state index contributed by atoms with van der Waals surface area (Å²) in [7, 11) is -3.18. The number of aromatic nitrogens is 1. The Kier molecular flexibility index (Phi) is 6.58. The van der Waals surface area contributed by atoms with Crippen molar-refractivity contribution in [1.29, 1.82) is 5.26 Å². The molecule has 0 atom stereocenters. The Morgan fingerprint density at radius 2 is 2.00 bits per heavy atom. The van der Waals surface area contributed by atoms with Crippen molar-refractivity contribution >= 4 is 38.1 Å². The molecule has 1 amide bonds. The van der Waals surface area contributed by atoms with Gasteiger partial charge in [0.25, 0.3) is 5.91 Å². The lowest BCUT2D eigenvalue weighted by molar-refractivity contribution is 0.102. The first-order valence-electron chi connectivity index (χ1n) is 10.8. The van der Waals surface area contributed by atoms with E-state index in [1.165, 1.54) is 0 Å². The number of sulfonamides is 1. The van der Waals surface area contributed by atoms with E-state index in [2.05, 4.69) is 15.6 Å². The van der Waals surface area contributed by atoms with Crippen molar-refractivity contribution < 1.29 is 13.2 Å². The maximum atomic E-state index is 12.8. The molecule has 0 unspecified atom stereocenters. The van der Waals surface area contributed by atoms with Gasteiger partial charge in [-0.3, -0.25) is 9.78 Å². The topological polar surface area (TPSA) is 115 Å². The standard InChI is InChI=1S/C24H25N5O3S/c1-2-33(31,32)29-10-7-20(8-11-29)27-23-14-21(13-18-6-9-26-16-22(18)23)28-24(30)19-5-3-4-17(12-19)15-25/h3-6,9,12-14,16,20,27H,2,7-8,10-11H2,1H3,(H,28,30). The Morgan fingerprint density at radius 1 is 1.21 bits per heavy atom. The Bertz CT molecular complexity index is 1330. The molecular formula is C24H25N5O3S. The van der Waals surface area contributed by atoms with Crippen molar-refractivity contribution in [2.75, 3.05) is 29.5 Å². The van der Waals surface area contributed by atoms with Gasteiger partial charge in [0.2, 0.25) is 10.0 Å². The molecule has 1 aromatic heterocycles. The molecule has 2 N–H and O–H groups in total. The minimum atomic E-state index is -3.18. The zero-order valence-electron chi connectivity index (χ0n) is 18.3. The van der Waals surface area contributed by atoms with Gasteiger partial charge in [0, 0.05) is 53.8 Å². The number of carbonyl (C=O) groups is 1. The fourth-order valence-electron chi connectivity index (χ4n) is 4.00. The lowest BCUT2D eigenvalue weighted by Crippen LogP contribution is -2.42. The van der Waals surface area contributed by atoms with Gasteiger partial charge in [-0.2, -0.15) is 5.26 Å². The monoisotopic (exact) mass is 463 g/mol. The molecule has 0 bridgehead atoms. The Labute approximate surface area is 193 Å². The normalized spacial score (nSPS) is 15.2. The molecule has 170 valence electrons. The number of benzene rings is 2. The lowest BCUT2D eigenvalue weighted by atomic mass is 10.0. The van der Waals surface area contributed by atoms with Gasteiger partial charge in [0.15, 0.2) is 0 Å². The van der Waals surface area contributed by atoms with Crippen molar-refractivity contribution in [3.05, 3.63) is 66.0 Å². The highest BCUT2D eigenvalue weighted by atomic mass is 32.2. The van der Waals surface area contributed by atoms with Gasteiger partial charge in [-0.1, -0.05) is 6.07 Å². The second-order valence-electron chi connectivity index (χ2n) is 7.99. The van der Waals surface area contributed by atoms with Crippen molar-refractivity contribution in [3.8, 4) is 6.07 Å². The fraction of sp³-hybridized carbons (Fsp3) is 0.292. The summed E-state index contributed by atoms with van der Waals surface area (Å²) >= 11 is 0. The van der Waals surface area contributed by atoms with Crippen LogP contribution in [-0.2, 0) is 10.0 Å². The third-order valence-corrected chi connectivity index (χ3v) is 7.72. The third-order valence-electron chi connectivity index (χ3n) is 5.84. The molecule has 1 aliphatic rings. The minimum absolute atomic E-state index is 0.106. The Balaban J connectivity index is 1.55. The van der Waals surface area contributed by atoms with E-state index in [9.17, 15) is 13.2 Å². The highest BCUT2D eigenvalue weighted by molar-refractivity contribution is 7.89. The number of carbonyl (C=O) groups excluding carboxylic acids is 1. The predicted molar refractivity (Wildman–Crippen MR) is 129 cm³/mol. The van der Waals surface area contributed by atoms with Gasteiger partial charge in [-0.25, -0.2) is 12.7 Å². The smallest absolute Gasteiger partial charge is 0.255 e. The Hall–Kier alpha value is -3.48. The van der Waals surface area contributed by atoms with Gasteiger partial charge in [0.05, 0.1) is 17.4 Å². The average Bonchev–Trinajstić information content (AvgIpc) is 2.84. The van der Waals surface area contributed by atoms with Gasteiger partial charge in [-0.05, 0) is 61.5 Å². The molecule has 1 saturated heterocycles. The van der Waals surface area contributed by atoms with Gasteiger partial charge >= 0.3 is 0 Å². The number of nitriles is 1. The number of amides is 1. The van der Waals surface area contributed by atoms with Crippen LogP contribution < -0.4 is 10.6 Å². The maximum absolute atomic E-state index is 12.8. The van der Waals surface area contributed by atoms with Crippen molar-refractivity contribution in [2.45, 2.75) is 25.8 Å². The number of piperidine rings is 1. The van der Waals surface area contributed by atoms with Crippen LogP contribution >= 0.6 is 0 Å². The molecule has 0 aliphatic carbocycles. The first-order valence-corrected chi connectivity index (χ1v) is 12.4. The van der Waals surface area contributed by atoms with Crippen LogP contribution in [0.3, 0.4) is 0 Å². The highest BCUT2D eigenvalue weighted by Gasteiger charge is 2.27. The molecular weight excluding hydrogens is 438 g/mol. The van der Waals surface area contributed by atoms with Crippen LogP contribution in [0.4, 0.5) is 11.4 Å². The number of hydrogen-bond donors (Lipinski definition) is 2. The zero-order valence-corrected chi connectivity index (χ0v) is 19.1. The minimum Gasteiger partial charge on any atom is -0.382 e. The van der Waals surface area contributed by atoms with Gasteiger partial charge < -0.3 is 10.6 Å². The summed E-state index contributed by atoms with van der Waals surface area (Å²) < 4.78 is 25.8. The first kappa shape index (κ1) is 22.7. The van der Waals surface area contributed by atoms with E-state index >= 15 is 0 Å². The van der Waals surface area contributed by atoms with E-state index in [1.807, 2.05) is 24.3 Å². The second kappa shape index (κ2) is 9.57. The Morgan fingerprint density at radius 3 is 2.73 bits per heavy atom. The summed E-state index contributed by atoms with van der Waals surface area (Å²) in [5.74, 6) is -0.190. The van der Waals surface area contributed by atoms with E-state index in [-0.39, 0.29) is 17.7 Å². The van der Waals surface area contributed by atoms with E-state index in [4.69, 9.17) is 5.26 Å². The fourth-order valence-corrected chi connectivity index (χ4v) is 5.14. The molecule has 0 spiro atoms. The predicted octanol–water partition coefficient (Wildman–Crippen LogP) is 3.58. The number of nitrogens with zero attached hydrogens (tertiary/aromatic N) is 3. The first-order chi connectivity index (χ1) is 15.9. The van der Waals surface area contributed by atoms with Crippen LogP contribution in [0.2, 0.25) is 0 Å². The number of pyridine rings is 1. The number of fused-ring (bicyclic) bond motifs is 1. The van der Waals surface area contributed by atoms with E-state index in [1.54, 1.807) is 47.9 Å². The third kappa shape index (κ3) is 5.13. The van der Waals surface area contributed by atoms with Crippen LogP contribution in [0.1, 0.15) is 35.7 Å². The van der Waals surface area contributed by atoms with E-state index < -0.39 is 10.0 Å². The van der Waals surface area contributed by atoms with E-state index in [0.717, 1.165) is 16.5 Å². The van der Waals surface area contributed by atoms with Crippen molar-refractivity contribution in [3.63, 3.8) is 0 Å². The average molecular weight is 464 g/mol. The summed E-state index contributed by atoms with van der Waals surface area (Å²) in [6, 6.07) is 14.3.